The van der Waals surface area contributed by atoms with Gasteiger partial charge in [0.2, 0.25) is 5.91 Å². The number of carbonyl (C=O) groups is 4. The van der Waals surface area contributed by atoms with Gasteiger partial charge in [-0.2, -0.15) is 13.2 Å². The zero-order chi connectivity index (χ0) is 33.3. The molecule has 1 aromatic carbocycles. The van der Waals surface area contributed by atoms with Gasteiger partial charge in [-0.05, 0) is 63.9 Å². The maximum atomic E-state index is 16.3. The van der Waals surface area contributed by atoms with E-state index in [4.69, 9.17) is 9.47 Å². The minimum atomic E-state index is -4.71. The molecule has 11 nitrogen and oxygen atoms in total. The summed E-state index contributed by atoms with van der Waals surface area (Å²) < 4.78 is 95.1. The highest BCUT2D eigenvalue weighted by molar-refractivity contribution is 7.90. The number of halogens is 5. The number of rotatable bonds is 9. The van der Waals surface area contributed by atoms with E-state index in [1.54, 1.807) is 0 Å². The highest BCUT2D eigenvalue weighted by atomic mass is 32.2. The molecule has 0 bridgehead atoms. The Bertz CT molecular complexity index is 1450. The summed E-state index contributed by atoms with van der Waals surface area (Å²) >= 11 is -2.14. The van der Waals surface area contributed by atoms with Gasteiger partial charge < -0.3 is 14.0 Å². The van der Waals surface area contributed by atoms with Crippen LogP contribution < -0.4 is 14.8 Å². The van der Waals surface area contributed by atoms with Crippen molar-refractivity contribution in [1.29, 1.82) is 0 Å². The summed E-state index contributed by atoms with van der Waals surface area (Å²) in [6.45, 7) is 4.91. The molecule has 2 fully saturated rings. The molecule has 2 aromatic rings. The first-order valence-corrected chi connectivity index (χ1v) is 14.8. The summed E-state index contributed by atoms with van der Waals surface area (Å²) in [5, 5.41) is 1.90. The fraction of sp³-hybridized carbons (Fsp3) is 0.464. The van der Waals surface area contributed by atoms with E-state index in [2.05, 4.69) is 9.71 Å². The van der Waals surface area contributed by atoms with Gasteiger partial charge in [-0.3, -0.25) is 24.6 Å². The predicted octanol–water partition coefficient (Wildman–Crippen LogP) is 3.91. The van der Waals surface area contributed by atoms with Gasteiger partial charge in [-0.1, -0.05) is 0 Å². The Labute approximate surface area is 257 Å². The number of Topliss-reactive ketones (excluding diaryl/α,β-unsaturated/α-hetero) is 1. The predicted molar refractivity (Wildman–Crippen MR) is 147 cm³/mol. The zero-order valence-corrected chi connectivity index (χ0v) is 25.0. The number of carbonyl (C=O) groups excluding carboxylic acids is 4. The smallest absolute Gasteiger partial charge is 0.433 e. The van der Waals surface area contributed by atoms with Crippen molar-refractivity contribution in [1.82, 2.24) is 19.9 Å². The molecule has 45 heavy (non-hydrogen) atoms. The Morgan fingerprint density at radius 2 is 1.78 bits per heavy atom. The van der Waals surface area contributed by atoms with Crippen LogP contribution in [-0.4, -0.2) is 68.2 Å². The number of ketones is 1. The first-order valence-electron chi connectivity index (χ1n) is 13.6. The lowest BCUT2D eigenvalue weighted by Gasteiger charge is -2.37. The third kappa shape index (κ3) is 7.77. The van der Waals surface area contributed by atoms with Crippen LogP contribution in [0.2, 0.25) is 0 Å². The fourth-order valence-corrected chi connectivity index (χ4v) is 5.42. The lowest BCUT2D eigenvalue weighted by atomic mass is 9.89. The molecule has 0 radical (unpaired) electrons. The quantitative estimate of drug-likeness (QED) is 0.232. The van der Waals surface area contributed by atoms with Crippen LogP contribution in [0.3, 0.4) is 0 Å². The molecule has 4 rings (SSSR count). The van der Waals surface area contributed by atoms with Crippen molar-refractivity contribution >= 4 is 35.0 Å². The highest BCUT2D eigenvalue weighted by Gasteiger charge is 2.51. The van der Waals surface area contributed by atoms with Crippen molar-refractivity contribution in [2.24, 2.45) is 5.92 Å². The van der Waals surface area contributed by atoms with Crippen molar-refractivity contribution in [3.8, 4) is 11.5 Å². The van der Waals surface area contributed by atoms with Crippen LogP contribution in [0.1, 0.15) is 50.9 Å². The standard InChI is InChI=1S/C28H29F5N4O7S/c1-27(2,3)45(42)36-22(17-12-15(4-6-18(17)29)44-16-5-7-19(34-13-16)28(31,32)33)21(30)23(38)20-24(39)35-26(41)37(25(20)40)14-8-10-43-11-9-14/h4-7,12-14,20-22,36H,8-11H2,1-3H3,(H,35,39,41)/t20-,21-,22+,45?/m1/s1. The molecular weight excluding hydrogens is 631 g/mol. The topological polar surface area (TPSA) is 150 Å². The van der Waals surface area contributed by atoms with Gasteiger partial charge in [-0.15, -0.1) is 4.72 Å². The van der Waals surface area contributed by atoms with Crippen LogP contribution in [0.25, 0.3) is 0 Å². The summed E-state index contributed by atoms with van der Waals surface area (Å²) in [5.74, 6) is -8.08. The molecule has 2 saturated heterocycles. The number of benzene rings is 1. The average molecular weight is 661 g/mol. The van der Waals surface area contributed by atoms with E-state index in [-0.39, 0.29) is 37.6 Å². The van der Waals surface area contributed by atoms with Gasteiger partial charge in [0, 0.05) is 36.2 Å². The molecule has 2 aliphatic heterocycles. The number of nitrogens with zero attached hydrogens (tertiary/aromatic N) is 2. The van der Waals surface area contributed by atoms with Crippen molar-refractivity contribution in [2.75, 3.05) is 13.2 Å². The van der Waals surface area contributed by atoms with Gasteiger partial charge >= 0.3 is 12.2 Å². The van der Waals surface area contributed by atoms with E-state index in [0.29, 0.717) is 11.0 Å². The highest BCUT2D eigenvalue weighted by Crippen LogP contribution is 2.34. The second kappa shape index (κ2) is 13.4. The first-order chi connectivity index (χ1) is 21.0. The summed E-state index contributed by atoms with van der Waals surface area (Å²) in [7, 11) is 0. The van der Waals surface area contributed by atoms with E-state index in [1.165, 1.54) is 20.8 Å². The van der Waals surface area contributed by atoms with E-state index < -0.39 is 87.2 Å². The van der Waals surface area contributed by atoms with Gasteiger partial charge in [0.25, 0.3) is 5.91 Å². The van der Waals surface area contributed by atoms with Crippen molar-refractivity contribution in [3.05, 3.63) is 53.6 Å². The Balaban J connectivity index is 1.66. The normalized spacial score (nSPS) is 20.4. The second-order valence-corrected chi connectivity index (χ2v) is 13.2. The van der Waals surface area contributed by atoms with Crippen molar-refractivity contribution < 1.29 is 55.2 Å². The molecule has 17 heteroatoms. The average Bonchev–Trinajstić information content (AvgIpc) is 2.96. The molecule has 0 saturated carbocycles. The fourth-order valence-electron chi connectivity index (χ4n) is 4.59. The lowest BCUT2D eigenvalue weighted by Crippen LogP contribution is -2.64. The Morgan fingerprint density at radius 1 is 1.13 bits per heavy atom. The molecule has 2 aliphatic rings. The van der Waals surface area contributed by atoms with Crippen molar-refractivity contribution in [2.45, 2.75) is 62.8 Å². The molecule has 3 heterocycles. The Hall–Kier alpha value is -3.67. The van der Waals surface area contributed by atoms with Gasteiger partial charge in [-0.25, -0.2) is 18.6 Å². The summed E-state index contributed by atoms with van der Waals surface area (Å²) in [6.07, 6.45) is -6.38. The number of nitrogens with one attached hydrogen (secondary N) is 2. The molecule has 0 spiro atoms. The second-order valence-electron chi connectivity index (χ2n) is 11.2. The van der Waals surface area contributed by atoms with E-state index in [1.807, 2.05) is 5.32 Å². The van der Waals surface area contributed by atoms with Gasteiger partial charge in [0.1, 0.15) is 33.8 Å². The lowest BCUT2D eigenvalue weighted by molar-refractivity contribution is -0.151. The third-order valence-electron chi connectivity index (χ3n) is 6.96. The summed E-state index contributed by atoms with van der Waals surface area (Å²) in [5.41, 5.74) is -1.80. The molecule has 4 amide bonds. The number of hydrogen-bond acceptors (Lipinski definition) is 9. The minimum Gasteiger partial charge on any atom is -0.598 e. The Kier molecular flexibility index (Phi) is 10.2. The van der Waals surface area contributed by atoms with Crippen LogP contribution >= 0.6 is 0 Å². The molecule has 0 aliphatic carbocycles. The number of hydrogen-bond donors (Lipinski definition) is 2. The number of imide groups is 2. The van der Waals surface area contributed by atoms with E-state index in [0.717, 1.165) is 30.5 Å². The minimum absolute atomic E-state index is 0.196. The van der Waals surface area contributed by atoms with Crippen LogP contribution in [-0.2, 0) is 36.7 Å². The molecule has 4 atom stereocenters. The number of aromatic nitrogens is 1. The van der Waals surface area contributed by atoms with Crippen LogP contribution in [0.15, 0.2) is 36.5 Å². The Morgan fingerprint density at radius 3 is 2.36 bits per heavy atom. The van der Waals surface area contributed by atoms with Gasteiger partial charge in [0.05, 0.1) is 6.20 Å². The first kappa shape index (κ1) is 34.2. The molecule has 1 unspecified atom stereocenters. The van der Waals surface area contributed by atoms with E-state index >= 15 is 8.78 Å². The molecule has 244 valence electrons. The zero-order valence-electron chi connectivity index (χ0n) is 24.2. The number of barbiturate groups is 1. The molecular formula is C28H29F5N4O7S. The van der Waals surface area contributed by atoms with Crippen LogP contribution in [0.5, 0.6) is 11.5 Å². The maximum absolute atomic E-state index is 16.3. The molecule has 1 aromatic heterocycles. The van der Waals surface area contributed by atoms with Crippen LogP contribution in [0, 0.1) is 11.7 Å². The number of alkyl halides is 4. The number of urea groups is 1. The number of pyridine rings is 1. The summed E-state index contributed by atoms with van der Waals surface area (Å²) in [4.78, 5) is 56.0. The monoisotopic (exact) mass is 660 g/mol. The summed E-state index contributed by atoms with van der Waals surface area (Å²) in [6, 6.07) is 0.551. The van der Waals surface area contributed by atoms with Crippen molar-refractivity contribution in [3.63, 3.8) is 0 Å². The largest absolute Gasteiger partial charge is 0.598 e. The van der Waals surface area contributed by atoms with E-state index in [9.17, 15) is 36.9 Å². The number of ether oxygens (including phenoxy) is 2. The number of amides is 4. The van der Waals surface area contributed by atoms with Gasteiger partial charge in [0.15, 0.2) is 17.9 Å². The van der Waals surface area contributed by atoms with Crippen LogP contribution in [0.4, 0.5) is 26.7 Å². The maximum Gasteiger partial charge on any atom is 0.433 e. The third-order valence-corrected chi connectivity index (χ3v) is 8.54. The SMILES string of the molecule is CC(C)(C)[S+]([O-])N[C@@H](c1cc(Oc2ccc(C(F)(F)F)nc2)ccc1F)[C@@H](F)C(=O)[C@@H]1C(=O)NC(=O)N(C2CCOCC2)C1=O. The molecule has 2 N–H and O–H groups in total.